The van der Waals surface area contributed by atoms with Gasteiger partial charge in [-0.2, -0.15) is 0 Å². The van der Waals surface area contributed by atoms with Gasteiger partial charge < -0.3 is 10.2 Å². The molecule has 0 spiro atoms. The number of carbonyl (C=O) groups excluding carboxylic acids is 1. The maximum Gasteiger partial charge on any atom is 0.250 e. The van der Waals surface area contributed by atoms with Gasteiger partial charge in [0.1, 0.15) is 5.82 Å². The van der Waals surface area contributed by atoms with Crippen molar-refractivity contribution in [1.82, 2.24) is 10.2 Å². The second-order valence-corrected chi connectivity index (χ2v) is 8.22. The molecular formula is C20H25FN2O. The van der Waals surface area contributed by atoms with Crippen LogP contribution in [0.5, 0.6) is 0 Å². The van der Waals surface area contributed by atoms with Crippen molar-refractivity contribution in [2.24, 2.45) is 5.41 Å². The summed E-state index contributed by atoms with van der Waals surface area (Å²) in [6.07, 6.45) is 3.85. The molecule has 2 bridgehead atoms. The van der Waals surface area contributed by atoms with Crippen LogP contribution >= 0.6 is 0 Å². The minimum atomic E-state index is -0.231. The summed E-state index contributed by atoms with van der Waals surface area (Å²) in [6.45, 7) is 6.32. The molecule has 128 valence electrons. The second kappa shape index (κ2) is 5.69. The van der Waals surface area contributed by atoms with Gasteiger partial charge in [-0.15, -0.1) is 0 Å². The van der Waals surface area contributed by atoms with E-state index in [9.17, 15) is 9.18 Å². The predicted octanol–water partition coefficient (Wildman–Crippen LogP) is 3.36. The molecule has 0 aromatic heterocycles. The molecule has 2 aliphatic heterocycles. The molecule has 2 atom stereocenters. The Labute approximate surface area is 142 Å². The lowest BCUT2D eigenvalue weighted by atomic mass is 9.72. The molecule has 3 aliphatic rings. The second-order valence-electron chi connectivity index (χ2n) is 8.22. The monoisotopic (exact) mass is 328 g/mol. The Morgan fingerprint density at radius 2 is 1.88 bits per heavy atom. The largest absolute Gasteiger partial charge is 0.330 e. The zero-order valence-electron chi connectivity index (χ0n) is 14.4. The van der Waals surface area contributed by atoms with Gasteiger partial charge >= 0.3 is 0 Å². The molecule has 1 aliphatic carbocycles. The number of fused-ring (bicyclic) bond motifs is 2. The number of hydrogen-bond acceptors (Lipinski definition) is 2. The van der Waals surface area contributed by atoms with Crippen molar-refractivity contribution in [3.05, 3.63) is 41.2 Å². The predicted molar refractivity (Wildman–Crippen MR) is 92.9 cm³/mol. The number of nitrogens with zero attached hydrogens (tertiary/aromatic N) is 1. The fraction of sp³-hybridized carbons (Fsp3) is 0.550. The summed E-state index contributed by atoms with van der Waals surface area (Å²) in [7, 11) is 0. The van der Waals surface area contributed by atoms with E-state index in [0.29, 0.717) is 12.1 Å². The highest BCUT2D eigenvalue weighted by Gasteiger charge is 2.46. The van der Waals surface area contributed by atoms with Crippen molar-refractivity contribution in [3.63, 3.8) is 0 Å². The van der Waals surface area contributed by atoms with E-state index in [1.54, 1.807) is 0 Å². The zero-order chi connectivity index (χ0) is 16.9. The molecule has 1 N–H and O–H groups in total. The maximum absolute atomic E-state index is 13.3. The Hall–Kier alpha value is -1.68. The van der Waals surface area contributed by atoms with E-state index in [1.807, 2.05) is 12.1 Å². The lowest BCUT2D eigenvalue weighted by molar-refractivity contribution is -0.143. The fourth-order valence-corrected chi connectivity index (χ4v) is 4.42. The third kappa shape index (κ3) is 2.67. The van der Waals surface area contributed by atoms with Crippen LogP contribution in [0.4, 0.5) is 4.39 Å². The highest BCUT2D eigenvalue weighted by Crippen LogP contribution is 2.44. The van der Waals surface area contributed by atoms with Crippen molar-refractivity contribution in [1.29, 1.82) is 0 Å². The molecule has 0 saturated carbocycles. The molecule has 2 saturated heterocycles. The Morgan fingerprint density at radius 3 is 2.50 bits per heavy atom. The van der Waals surface area contributed by atoms with E-state index >= 15 is 0 Å². The first-order chi connectivity index (χ1) is 11.4. The van der Waals surface area contributed by atoms with E-state index in [2.05, 4.69) is 24.1 Å². The van der Waals surface area contributed by atoms with E-state index in [1.165, 1.54) is 12.1 Å². The number of allylic oxidation sites excluding steroid dienone is 1. The molecule has 1 amide bonds. The Kier molecular flexibility index (Phi) is 3.75. The van der Waals surface area contributed by atoms with Crippen LogP contribution in [0.15, 0.2) is 29.8 Å². The maximum atomic E-state index is 13.3. The van der Waals surface area contributed by atoms with Gasteiger partial charge in [0, 0.05) is 30.7 Å². The van der Waals surface area contributed by atoms with Crippen LogP contribution < -0.4 is 5.32 Å². The number of halogens is 1. The molecular weight excluding hydrogens is 303 g/mol. The average molecular weight is 328 g/mol. The van der Waals surface area contributed by atoms with Crippen LogP contribution in [0.3, 0.4) is 0 Å². The number of benzene rings is 1. The highest BCUT2D eigenvalue weighted by atomic mass is 19.1. The molecule has 3 nitrogen and oxygen atoms in total. The van der Waals surface area contributed by atoms with Gasteiger partial charge in [0.2, 0.25) is 0 Å². The third-order valence-electron chi connectivity index (χ3n) is 5.85. The van der Waals surface area contributed by atoms with Crippen LogP contribution in [0.1, 0.15) is 45.1 Å². The van der Waals surface area contributed by atoms with Gasteiger partial charge in [0.05, 0.1) is 0 Å². The van der Waals surface area contributed by atoms with Crippen LogP contribution in [-0.4, -0.2) is 36.0 Å². The van der Waals surface area contributed by atoms with E-state index < -0.39 is 0 Å². The van der Waals surface area contributed by atoms with E-state index in [0.717, 1.165) is 55.5 Å². The van der Waals surface area contributed by atoms with Gasteiger partial charge in [-0.3, -0.25) is 4.79 Å². The van der Waals surface area contributed by atoms with Gasteiger partial charge in [0.25, 0.3) is 5.91 Å². The van der Waals surface area contributed by atoms with E-state index in [4.69, 9.17) is 0 Å². The van der Waals surface area contributed by atoms with Crippen LogP contribution in [0.25, 0.3) is 5.57 Å². The smallest absolute Gasteiger partial charge is 0.250 e. The van der Waals surface area contributed by atoms with Crippen molar-refractivity contribution in [2.75, 3.05) is 13.1 Å². The molecule has 4 heteroatoms. The lowest BCUT2D eigenvalue weighted by Gasteiger charge is -2.53. The number of piperazine rings is 1. The first-order valence-electron chi connectivity index (χ1n) is 8.96. The minimum Gasteiger partial charge on any atom is -0.330 e. The number of rotatable bonds is 2. The Bertz CT molecular complexity index is 678. The van der Waals surface area contributed by atoms with Crippen molar-refractivity contribution in [2.45, 2.75) is 51.6 Å². The average Bonchev–Trinajstić information content (AvgIpc) is 2.55. The summed E-state index contributed by atoms with van der Waals surface area (Å²) in [5, 5.41) is 3.38. The van der Waals surface area contributed by atoms with Crippen LogP contribution in [-0.2, 0) is 4.79 Å². The molecule has 2 fully saturated rings. The van der Waals surface area contributed by atoms with Crippen molar-refractivity contribution >= 4 is 11.5 Å². The summed E-state index contributed by atoms with van der Waals surface area (Å²) in [6, 6.07) is 7.33. The van der Waals surface area contributed by atoms with Gasteiger partial charge in [-0.25, -0.2) is 4.39 Å². The third-order valence-corrected chi connectivity index (χ3v) is 5.85. The standard InChI is InChI=1S/C20H25FN2O/c1-20(2)8-7-17(18(10-20)13-3-5-14(21)6-4-13)19(24)23-15-9-16(23)12-22-11-15/h3-6,15-16,22H,7-12H2,1-2H3. The Morgan fingerprint density at radius 1 is 1.21 bits per heavy atom. The fourth-order valence-electron chi connectivity index (χ4n) is 4.42. The molecule has 0 radical (unpaired) electrons. The number of carbonyl (C=O) groups is 1. The number of nitrogens with one attached hydrogen (secondary N) is 1. The molecule has 1 aromatic carbocycles. The first-order valence-corrected chi connectivity index (χ1v) is 8.96. The zero-order valence-corrected chi connectivity index (χ0v) is 14.4. The number of hydrogen-bond donors (Lipinski definition) is 1. The summed E-state index contributed by atoms with van der Waals surface area (Å²) < 4.78 is 13.3. The quantitative estimate of drug-likeness (QED) is 0.903. The number of amides is 1. The highest BCUT2D eigenvalue weighted by molar-refractivity contribution is 6.02. The lowest BCUT2D eigenvalue weighted by Crippen LogP contribution is -2.69. The van der Waals surface area contributed by atoms with Crippen LogP contribution in [0.2, 0.25) is 0 Å². The van der Waals surface area contributed by atoms with Gasteiger partial charge in [0.15, 0.2) is 0 Å². The van der Waals surface area contributed by atoms with Crippen LogP contribution in [0, 0.1) is 11.2 Å². The van der Waals surface area contributed by atoms with Gasteiger partial charge in [-0.05, 0) is 54.4 Å². The topological polar surface area (TPSA) is 32.3 Å². The van der Waals surface area contributed by atoms with Crippen molar-refractivity contribution in [3.8, 4) is 0 Å². The molecule has 4 rings (SSSR count). The summed E-state index contributed by atoms with van der Waals surface area (Å²) in [4.78, 5) is 15.3. The van der Waals surface area contributed by atoms with Gasteiger partial charge in [-0.1, -0.05) is 26.0 Å². The minimum absolute atomic E-state index is 0.180. The van der Waals surface area contributed by atoms with E-state index in [-0.39, 0.29) is 17.1 Å². The summed E-state index contributed by atoms with van der Waals surface area (Å²) >= 11 is 0. The normalized spacial score (nSPS) is 28.5. The summed E-state index contributed by atoms with van der Waals surface area (Å²) in [5.74, 6) is -0.0155. The molecule has 2 unspecified atom stereocenters. The number of piperidine rings is 1. The molecule has 24 heavy (non-hydrogen) atoms. The molecule has 1 aromatic rings. The first kappa shape index (κ1) is 15.8. The SMILES string of the molecule is CC1(C)CCC(C(=O)N2C3CNCC2C3)=C(c2ccc(F)cc2)C1. The Balaban J connectivity index is 1.71. The van der Waals surface area contributed by atoms with Crippen molar-refractivity contribution < 1.29 is 9.18 Å². The summed E-state index contributed by atoms with van der Waals surface area (Å²) in [5.41, 5.74) is 3.25. The molecule has 2 heterocycles.